The van der Waals surface area contributed by atoms with Crippen molar-refractivity contribution in [2.75, 3.05) is 32.7 Å². The third-order valence-electron chi connectivity index (χ3n) is 4.76. The molecule has 2 aromatic rings. The van der Waals surface area contributed by atoms with Crippen LogP contribution < -0.4 is 0 Å². The topological polar surface area (TPSA) is 48.7 Å². The number of fused-ring (bicyclic) bond motifs is 1. The van der Waals surface area contributed by atoms with E-state index in [-0.39, 0.29) is 12.0 Å². The fourth-order valence-electron chi connectivity index (χ4n) is 3.22. The van der Waals surface area contributed by atoms with Crippen LogP contribution >= 0.6 is 0 Å². The molecule has 0 bridgehead atoms. The Kier molecular flexibility index (Phi) is 4.68. The van der Waals surface area contributed by atoms with E-state index in [4.69, 9.17) is 0 Å². The van der Waals surface area contributed by atoms with Gasteiger partial charge in [0, 0.05) is 62.4 Å². The molecule has 3 rings (SSSR count). The summed E-state index contributed by atoms with van der Waals surface area (Å²) in [6, 6.07) is 7.91. The summed E-state index contributed by atoms with van der Waals surface area (Å²) in [5.41, 5.74) is 1.87. The van der Waals surface area contributed by atoms with Crippen LogP contribution in [0.1, 0.15) is 23.7 Å². The number of aromatic nitrogens is 1. The molecule has 0 aliphatic carbocycles. The molecule has 0 spiro atoms. The van der Waals surface area contributed by atoms with Crippen molar-refractivity contribution in [1.82, 2.24) is 14.4 Å². The summed E-state index contributed by atoms with van der Waals surface area (Å²) in [5.74, 6) is 0.109. The van der Waals surface area contributed by atoms with Gasteiger partial charge in [-0.1, -0.05) is 13.0 Å². The lowest BCUT2D eigenvalue weighted by atomic mass is 10.1. The average Bonchev–Trinajstić information content (AvgIpc) is 2.96. The highest BCUT2D eigenvalue weighted by molar-refractivity contribution is 6.06. The number of β-amino-alcohol motifs (C(OH)–C–C–N with tert-alkyl or cyclic N) is 1. The molecule has 124 valence electrons. The number of piperazine rings is 1. The number of aryl methyl sites for hydroxylation is 1. The molecule has 5 heteroatoms. The maximum atomic E-state index is 12.9. The maximum absolute atomic E-state index is 12.9. The molecule has 1 N–H and O–H groups in total. The van der Waals surface area contributed by atoms with E-state index in [1.807, 2.05) is 53.9 Å². The number of hydrogen-bond donors (Lipinski definition) is 1. The summed E-state index contributed by atoms with van der Waals surface area (Å²) in [6.45, 7) is 5.79. The lowest BCUT2D eigenvalue weighted by molar-refractivity contribution is 0.0525. The number of aliphatic hydroxyl groups excluding tert-OH is 1. The Morgan fingerprint density at radius 2 is 1.96 bits per heavy atom. The van der Waals surface area contributed by atoms with Gasteiger partial charge in [-0.3, -0.25) is 9.69 Å². The summed E-state index contributed by atoms with van der Waals surface area (Å²) in [6.07, 6.45) is 2.50. The number of hydrogen-bond acceptors (Lipinski definition) is 3. The minimum absolute atomic E-state index is 0.109. The van der Waals surface area contributed by atoms with Crippen molar-refractivity contribution in [2.45, 2.75) is 19.4 Å². The van der Waals surface area contributed by atoms with Crippen LogP contribution in [0.25, 0.3) is 10.9 Å². The van der Waals surface area contributed by atoms with Crippen molar-refractivity contribution in [3.05, 3.63) is 36.0 Å². The molecule has 1 amide bonds. The van der Waals surface area contributed by atoms with Gasteiger partial charge in [0.25, 0.3) is 5.91 Å². The minimum Gasteiger partial charge on any atom is -0.392 e. The molecule has 23 heavy (non-hydrogen) atoms. The average molecular weight is 315 g/mol. The van der Waals surface area contributed by atoms with E-state index >= 15 is 0 Å². The second kappa shape index (κ2) is 6.72. The van der Waals surface area contributed by atoms with E-state index < -0.39 is 0 Å². The zero-order valence-corrected chi connectivity index (χ0v) is 13.9. The van der Waals surface area contributed by atoms with Gasteiger partial charge in [0.15, 0.2) is 0 Å². The number of aliphatic hydroxyl groups is 1. The molecule has 1 aliphatic rings. The first-order chi connectivity index (χ1) is 11.1. The van der Waals surface area contributed by atoms with Gasteiger partial charge < -0.3 is 14.6 Å². The first kappa shape index (κ1) is 16.0. The predicted octanol–water partition coefficient (Wildman–Crippen LogP) is 1.71. The van der Waals surface area contributed by atoms with Crippen molar-refractivity contribution < 1.29 is 9.90 Å². The van der Waals surface area contributed by atoms with Crippen molar-refractivity contribution in [3.63, 3.8) is 0 Å². The number of amides is 1. The maximum Gasteiger partial charge on any atom is 0.254 e. The van der Waals surface area contributed by atoms with Crippen molar-refractivity contribution >= 4 is 16.8 Å². The molecule has 1 aromatic carbocycles. The molecular formula is C18H25N3O2. The molecule has 1 saturated heterocycles. The van der Waals surface area contributed by atoms with Gasteiger partial charge in [-0.2, -0.15) is 0 Å². The van der Waals surface area contributed by atoms with Crippen LogP contribution in [0, 0.1) is 0 Å². The molecule has 1 aliphatic heterocycles. The quantitative estimate of drug-likeness (QED) is 0.934. The Hall–Kier alpha value is -1.85. The molecule has 0 radical (unpaired) electrons. The van der Waals surface area contributed by atoms with Crippen LogP contribution in [0.15, 0.2) is 30.5 Å². The van der Waals surface area contributed by atoms with Gasteiger partial charge in [-0.15, -0.1) is 0 Å². The van der Waals surface area contributed by atoms with E-state index in [1.54, 1.807) is 0 Å². The van der Waals surface area contributed by atoms with Crippen molar-refractivity contribution in [2.24, 2.45) is 7.05 Å². The van der Waals surface area contributed by atoms with Crippen LogP contribution in [0.2, 0.25) is 0 Å². The lowest BCUT2D eigenvalue weighted by Gasteiger charge is -2.35. The molecule has 0 saturated carbocycles. The predicted molar refractivity (Wildman–Crippen MR) is 91.6 cm³/mol. The SMILES string of the molecule is CC[C@@H](O)CN1CCN(C(=O)c2cccc3c2ccn3C)CC1. The number of carbonyl (C=O) groups excluding carboxylic acids is 1. The van der Waals surface area contributed by atoms with Crippen LogP contribution in [0.3, 0.4) is 0 Å². The molecule has 1 atom stereocenters. The van der Waals surface area contributed by atoms with Crippen LogP contribution in [0.5, 0.6) is 0 Å². The number of nitrogens with zero attached hydrogens (tertiary/aromatic N) is 3. The van der Waals surface area contributed by atoms with Gasteiger partial charge in [0.05, 0.1) is 6.10 Å². The largest absolute Gasteiger partial charge is 0.392 e. The van der Waals surface area contributed by atoms with E-state index in [2.05, 4.69) is 4.90 Å². The first-order valence-corrected chi connectivity index (χ1v) is 8.34. The Morgan fingerprint density at radius 1 is 1.22 bits per heavy atom. The van der Waals surface area contributed by atoms with Crippen molar-refractivity contribution in [1.29, 1.82) is 0 Å². The monoisotopic (exact) mass is 315 g/mol. The summed E-state index contributed by atoms with van der Waals surface area (Å²) < 4.78 is 2.04. The number of rotatable bonds is 4. The van der Waals surface area contributed by atoms with Gasteiger partial charge in [0.1, 0.15) is 0 Å². The minimum atomic E-state index is -0.268. The Balaban J connectivity index is 1.69. The normalized spacial score (nSPS) is 17.6. The van der Waals surface area contributed by atoms with Crippen LogP contribution in [-0.4, -0.2) is 64.2 Å². The van der Waals surface area contributed by atoms with Gasteiger partial charge >= 0.3 is 0 Å². The first-order valence-electron chi connectivity index (χ1n) is 8.34. The molecule has 2 heterocycles. The fraction of sp³-hybridized carbons (Fsp3) is 0.500. The van der Waals surface area contributed by atoms with Gasteiger partial charge in [-0.05, 0) is 24.6 Å². The van der Waals surface area contributed by atoms with E-state index in [1.165, 1.54) is 0 Å². The number of benzene rings is 1. The Bertz CT molecular complexity index is 687. The van der Waals surface area contributed by atoms with Crippen molar-refractivity contribution in [3.8, 4) is 0 Å². The molecular weight excluding hydrogens is 290 g/mol. The van der Waals surface area contributed by atoms with E-state index in [9.17, 15) is 9.90 Å². The summed E-state index contributed by atoms with van der Waals surface area (Å²) in [5, 5.41) is 10.8. The Morgan fingerprint density at radius 3 is 2.65 bits per heavy atom. The molecule has 1 aromatic heterocycles. The second-order valence-electron chi connectivity index (χ2n) is 6.32. The lowest BCUT2D eigenvalue weighted by Crippen LogP contribution is -2.50. The molecule has 1 fully saturated rings. The molecule has 5 nitrogen and oxygen atoms in total. The zero-order chi connectivity index (χ0) is 16.4. The van der Waals surface area contributed by atoms with E-state index in [0.29, 0.717) is 6.54 Å². The van der Waals surface area contributed by atoms with Crippen LogP contribution in [-0.2, 0) is 7.05 Å². The summed E-state index contributed by atoms with van der Waals surface area (Å²) in [4.78, 5) is 17.0. The van der Waals surface area contributed by atoms with Gasteiger partial charge in [0.2, 0.25) is 0 Å². The third kappa shape index (κ3) is 3.26. The standard InChI is InChI=1S/C18H25N3O2/c1-3-14(22)13-20-9-11-21(12-10-20)18(23)16-5-4-6-17-15(16)7-8-19(17)2/h4-8,14,22H,3,9-13H2,1-2H3/t14-/m1/s1. The number of carbonyl (C=O) groups is 1. The second-order valence-corrected chi connectivity index (χ2v) is 6.32. The Labute approximate surface area is 137 Å². The van der Waals surface area contributed by atoms with Crippen LogP contribution in [0.4, 0.5) is 0 Å². The molecule has 0 unspecified atom stereocenters. The zero-order valence-electron chi connectivity index (χ0n) is 13.9. The van der Waals surface area contributed by atoms with Gasteiger partial charge in [-0.25, -0.2) is 0 Å². The highest BCUT2D eigenvalue weighted by Crippen LogP contribution is 2.21. The third-order valence-corrected chi connectivity index (χ3v) is 4.76. The smallest absolute Gasteiger partial charge is 0.254 e. The highest BCUT2D eigenvalue weighted by Gasteiger charge is 2.24. The highest BCUT2D eigenvalue weighted by atomic mass is 16.3. The summed E-state index contributed by atoms with van der Waals surface area (Å²) in [7, 11) is 1.99. The summed E-state index contributed by atoms with van der Waals surface area (Å²) >= 11 is 0. The van der Waals surface area contributed by atoms with E-state index in [0.717, 1.165) is 49.1 Å². The fourth-order valence-corrected chi connectivity index (χ4v) is 3.22.